The summed E-state index contributed by atoms with van der Waals surface area (Å²) in [4.78, 5) is 4.14. The summed E-state index contributed by atoms with van der Waals surface area (Å²) in [6.07, 6.45) is 6.62. The van der Waals surface area contributed by atoms with Crippen LogP contribution in [0.2, 0.25) is 0 Å². The van der Waals surface area contributed by atoms with Crippen molar-refractivity contribution in [2.24, 2.45) is 7.05 Å². The van der Waals surface area contributed by atoms with Crippen LogP contribution in [-0.4, -0.2) is 25.9 Å². The van der Waals surface area contributed by atoms with Crippen LogP contribution in [0.4, 0.5) is 0 Å². The summed E-state index contributed by atoms with van der Waals surface area (Å²) >= 11 is 0. The predicted molar refractivity (Wildman–Crippen MR) is 66.5 cm³/mol. The molecule has 17 heavy (non-hydrogen) atoms. The van der Waals surface area contributed by atoms with Gasteiger partial charge in [0.1, 0.15) is 0 Å². The molecule has 0 spiro atoms. The Bertz CT molecular complexity index is 457. The number of imidazole rings is 1. The topological polar surface area (TPSA) is 47.7 Å². The van der Waals surface area contributed by atoms with Gasteiger partial charge < -0.3 is 9.88 Å². The number of rotatable bonds is 6. The van der Waals surface area contributed by atoms with Crippen LogP contribution in [0.3, 0.4) is 0 Å². The molecule has 5 heteroatoms. The first-order valence-corrected chi connectivity index (χ1v) is 5.98. The Labute approximate surface area is 101 Å². The summed E-state index contributed by atoms with van der Waals surface area (Å²) in [5.41, 5.74) is 2.49. The molecular formula is C12H19N5. The lowest BCUT2D eigenvalue weighted by Crippen LogP contribution is -2.19. The van der Waals surface area contributed by atoms with Crippen molar-refractivity contribution < 1.29 is 0 Å². The minimum Gasteiger partial charge on any atom is -0.334 e. The van der Waals surface area contributed by atoms with Gasteiger partial charge in [-0.3, -0.25) is 4.68 Å². The Balaban J connectivity index is 1.75. The zero-order valence-electron chi connectivity index (χ0n) is 10.4. The van der Waals surface area contributed by atoms with E-state index in [1.165, 1.54) is 11.4 Å². The van der Waals surface area contributed by atoms with Crippen LogP contribution in [0.5, 0.6) is 0 Å². The summed E-state index contributed by atoms with van der Waals surface area (Å²) in [6, 6.07) is 2.05. The van der Waals surface area contributed by atoms with E-state index < -0.39 is 0 Å². The number of aryl methyl sites for hydroxylation is 2. The Kier molecular flexibility index (Phi) is 3.93. The molecule has 0 aliphatic rings. The molecule has 0 saturated heterocycles. The van der Waals surface area contributed by atoms with Crippen LogP contribution in [-0.2, 0) is 26.6 Å². The predicted octanol–water partition coefficient (Wildman–Crippen LogP) is 0.969. The minimum atomic E-state index is 0.867. The van der Waals surface area contributed by atoms with E-state index in [1.807, 2.05) is 30.5 Å². The highest BCUT2D eigenvalue weighted by atomic mass is 15.3. The highest BCUT2D eigenvalue weighted by Gasteiger charge is 2.01. The molecule has 0 radical (unpaired) electrons. The Morgan fingerprint density at radius 1 is 1.35 bits per heavy atom. The molecule has 2 aromatic rings. The van der Waals surface area contributed by atoms with Crippen LogP contribution < -0.4 is 5.32 Å². The van der Waals surface area contributed by atoms with Gasteiger partial charge in [0.2, 0.25) is 0 Å². The smallest absolute Gasteiger partial charge is 0.0948 e. The summed E-state index contributed by atoms with van der Waals surface area (Å²) in [6.45, 7) is 4.92. The van der Waals surface area contributed by atoms with Gasteiger partial charge in [-0.05, 0) is 13.0 Å². The summed E-state index contributed by atoms with van der Waals surface area (Å²) in [5, 5.41) is 7.57. The van der Waals surface area contributed by atoms with Crippen molar-refractivity contribution in [3.63, 3.8) is 0 Å². The van der Waals surface area contributed by atoms with Crippen molar-refractivity contribution >= 4 is 0 Å². The SMILES string of the molecule is CCn1cncc1CNCCc1ccnn1C. The average Bonchev–Trinajstić information content (AvgIpc) is 2.93. The molecule has 0 saturated carbocycles. The van der Waals surface area contributed by atoms with Crippen molar-refractivity contribution in [2.45, 2.75) is 26.4 Å². The molecule has 1 N–H and O–H groups in total. The van der Waals surface area contributed by atoms with Gasteiger partial charge in [0.15, 0.2) is 0 Å². The molecule has 5 nitrogen and oxygen atoms in total. The first kappa shape index (κ1) is 11.9. The molecule has 0 aliphatic carbocycles. The largest absolute Gasteiger partial charge is 0.334 e. The second-order valence-electron chi connectivity index (χ2n) is 4.04. The number of nitrogens with one attached hydrogen (secondary N) is 1. The highest BCUT2D eigenvalue weighted by molar-refractivity contribution is 5.01. The third-order valence-electron chi connectivity index (χ3n) is 2.93. The fourth-order valence-corrected chi connectivity index (χ4v) is 1.86. The fourth-order valence-electron chi connectivity index (χ4n) is 1.86. The molecule has 92 valence electrons. The monoisotopic (exact) mass is 233 g/mol. The maximum atomic E-state index is 4.15. The maximum Gasteiger partial charge on any atom is 0.0948 e. The Morgan fingerprint density at radius 2 is 2.24 bits per heavy atom. The van der Waals surface area contributed by atoms with Crippen LogP contribution in [0.1, 0.15) is 18.3 Å². The fraction of sp³-hybridized carbons (Fsp3) is 0.500. The second kappa shape index (κ2) is 5.63. The van der Waals surface area contributed by atoms with E-state index in [0.717, 1.165) is 26.1 Å². The van der Waals surface area contributed by atoms with Crippen molar-refractivity contribution in [2.75, 3.05) is 6.54 Å². The standard InChI is InChI=1S/C12H19N5/c1-3-17-10-14-9-12(17)8-13-6-4-11-5-7-15-16(11)2/h5,7,9-10,13H,3-4,6,8H2,1-2H3. The van der Waals surface area contributed by atoms with Gasteiger partial charge in [-0.25, -0.2) is 4.98 Å². The van der Waals surface area contributed by atoms with E-state index in [0.29, 0.717) is 0 Å². The van der Waals surface area contributed by atoms with Gasteiger partial charge in [0.25, 0.3) is 0 Å². The van der Waals surface area contributed by atoms with Crippen LogP contribution in [0.25, 0.3) is 0 Å². The lowest BCUT2D eigenvalue weighted by atomic mass is 10.3. The molecule has 2 heterocycles. The molecule has 0 bridgehead atoms. The maximum absolute atomic E-state index is 4.15. The first-order valence-electron chi connectivity index (χ1n) is 5.98. The Hall–Kier alpha value is -1.62. The van der Waals surface area contributed by atoms with Gasteiger partial charge in [-0.1, -0.05) is 0 Å². The quantitative estimate of drug-likeness (QED) is 0.756. The molecule has 0 amide bonds. The zero-order chi connectivity index (χ0) is 12.1. The lowest BCUT2D eigenvalue weighted by Gasteiger charge is -2.07. The van der Waals surface area contributed by atoms with Crippen molar-refractivity contribution in [3.8, 4) is 0 Å². The van der Waals surface area contributed by atoms with E-state index >= 15 is 0 Å². The number of aromatic nitrogens is 4. The van der Waals surface area contributed by atoms with E-state index in [1.54, 1.807) is 0 Å². The molecule has 0 aliphatic heterocycles. The first-order chi connectivity index (χ1) is 8.31. The van der Waals surface area contributed by atoms with E-state index in [4.69, 9.17) is 0 Å². The van der Waals surface area contributed by atoms with Crippen LogP contribution >= 0.6 is 0 Å². The molecule has 0 unspecified atom stereocenters. The van der Waals surface area contributed by atoms with Gasteiger partial charge in [0, 0.05) is 51.2 Å². The molecule has 2 aromatic heterocycles. The van der Waals surface area contributed by atoms with Crippen molar-refractivity contribution in [1.29, 1.82) is 0 Å². The second-order valence-corrected chi connectivity index (χ2v) is 4.04. The summed E-state index contributed by atoms with van der Waals surface area (Å²) < 4.78 is 4.06. The van der Waals surface area contributed by atoms with Crippen LogP contribution in [0, 0.1) is 0 Å². The van der Waals surface area contributed by atoms with Gasteiger partial charge >= 0.3 is 0 Å². The minimum absolute atomic E-state index is 0.867. The van der Waals surface area contributed by atoms with E-state index in [-0.39, 0.29) is 0 Å². The molecule has 2 rings (SSSR count). The molecule has 0 atom stereocenters. The van der Waals surface area contributed by atoms with Crippen LogP contribution in [0.15, 0.2) is 24.8 Å². The van der Waals surface area contributed by atoms with E-state index in [9.17, 15) is 0 Å². The third-order valence-corrected chi connectivity index (χ3v) is 2.93. The van der Waals surface area contributed by atoms with Gasteiger partial charge in [-0.2, -0.15) is 5.10 Å². The van der Waals surface area contributed by atoms with Crippen molar-refractivity contribution in [1.82, 2.24) is 24.6 Å². The Morgan fingerprint density at radius 3 is 2.94 bits per heavy atom. The zero-order valence-corrected chi connectivity index (χ0v) is 10.4. The summed E-state index contributed by atoms with van der Waals surface area (Å²) in [7, 11) is 1.97. The normalized spacial score (nSPS) is 10.9. The van der Waals surface area contributed by atoms with E-state index in [2.05, 4.69) is 33.0 Å². The average molecular weight is 233 g/mol. The van der Waals surface area contributed by atoms with Crippen molar-refractivity contribution in [3.05, 3.63) is 36.2 Å². The van der Waals surface area contributed by atoms with Gasteiger partial charge in [-0.15, -0.1) is 0 Å². The summed E-state index contributed by atoms with van der Waals surface area (Å²) in [5.74, 6) is 0. The number of nitrogens with zero attached hydrogens (tertiary/aromatic N) is 4. The molecular weight excluding hydrogens is 214 g/mol. The third kappa shape index (κ3) is 2.94. The molecule has 0 aromatic carbocycles. The highest BCUT2D eigenvalue weighted by Crippen LogP contribution is 1.99. The molecule has 0 fully saturated rings. The van der Waals surface area contributed by atoms with Gasteiger partial charge in [0.05, 0.1) is 12.0 Å². The lowest BCUT2D eigenvalue weighted by molar-refractivity contribution is 0.610. The number of hydrogen-bond donors (Lipinski definition) is 1. The number of hydrogen-bond acceptors (Lipinski definition) is 3.